The molecule has 1 aromatic heterocycles. The summed E-state index contributed by atoms with van der Waals surface area (Å²) >= 11 is 0. The Morgan fingerprint density at radius 2 is 1.70 bits per heavy atom. The van der Waals surface area contributed by atoms with E-state index in [-0.39, 0.29) is 17.8 Å². The Morgan fingerprint density at radius 3 is 2.50 bits per heavy atom. The summed E-state index contributed by atoms with van der Waals surface area (Å²) in [6.45, 7) is 10.3. The largest absolute Gasteiger partial charge is 0.357 e. The monoisotopic (exact) mass is 418 g/mol. The second kappa shape index (κ2) is 7.76. The summed E-state index contributed by atoms with van der Waals surface area (Å²) in [5.74, 6) is 0.385. The van der Waals surface area contributed by atoms with Gasteiger partial charge in [-0.3, -0.25) is 0 Å². The topological polar surface area (TPSA) is 27.8 Å². The predicted octanol–water partition coefficient (Wildman–Crippen LogP) is 7.03. The van der Waals surface area contributed by atoms with E-state index in [0.717, 1.165) is 13.0 Å². The molecule has 2 unspecified atom stereocenters. The molecule has 2 heterocycles. The molecule has 0 fully saturated rings. The highest BCUT2D eigenvalue weighted by Crippen LogP contribution is 2.40. The molecule has 0 bridgehead atoms. The summed E-state index contributed by atoms with van der Waals surface area (Å²) in [6, 6.07) is 22.7. The Balaban J connectivity index is 0.00000218. The van der Waals surface area contributed by atoms with Gasteiger partial charge in [0.15, 0.2) is 0 Å². The first-order chi connectivity index (χ1) is 13.9. The highest BCUT2D eigenvalue weighted by atomic mass is 35.5. The lowest BCUT2D eigenvalue weighted by Crippen LogP contribution is -2.33. The number of aromatic amines is 1. The molecule has 0 spiro atoms. The minimum atomic E-state index is 0. The van der Waals surface area contributed by atoms with Gasteiger partial charge in [0.2, 0.25) is 0 Å². The van der Waals surface area contributed by atoms with Crippen LogP contribution in [0.25, 0.3) is 21.7 Å². The second-order valence-electron chi connectivity index (χ2n) is 9.57. The minimum absolute atomic E-state index is 0. The van der Waals surface area contributed by atoms with E-state index in [1.54, 1.807) is 0 Å². The van der Waals surface area contributed by atoms with Gasteiger partial charge in [-0.15, -0.1) is 12.4 Å². The van der Waals surface area contributed by atoms with Gasteiger partial charge in [0.25, 0.3) is 0 Å². The van der Waals surface area contributed by atoms with E-state index in [2.05, 4.69) is 98.7 Å². The fraction of sp³-hybridized carbons (Fsp3) is 0.333. The summed E-state index contributed by atoms with van der Waals surface area (Å²) in [7, 11) is 0. The van der Waals surface area contributed by atoms with Gasteiger partial charge >= 0.3 is 0 Å². The third kappa shape index (κ3) is 3.42. The van der Waals surface area contributed by atoms with Crippen molar-refractivity contribution in [3.05, 3.63) is 83.0 Å². The van der Waals surface area contributed by atoms with Crippen molar-refractivity contribution in [1.82, 2.24) is 10.3 Å². The number of hydrogen-bond donors (Lipinski definition) is 2. The molecular weight excluding hydrogens is 388 g/mol. The predicted molar refractivity (Wildman–Crippen MR) is 131 cm³/mol. The number of H-pyrrole nitrogens is 1. The average Bonchev–Trinajstić information content (AvgIpc) is 3.10. The van der Waals surface area contributed by atoms with E-state index in [1.807, 2.05) is 0 Å². The molecule has 30 heavy (non-hydrogen) atoms. The van der Waals surface area contributed by atoms with Gasteiger partial charge in [-0.25, -0.2) is 0 Å². The first-order valence-electron chi connectivity index (χ1n) is 10.8. The normalized spacial score (nSPS) is 17.5. The zero-order valence-corrected chi connectivity index (χ0v) is 19.1. The summed E-state index contributed by atoms with van der Waals surface area (Å²) in [5, 5.41) is 7.90. The van der Waals surface area contributed by atoms with Crippen molar-refractivity contribution < 1.29 is 0 Å². The molecule has 0 saturated carbocycles. The molecule has 5 rings (SSSR count). The third-order valence-electron chi connectivity index (χ3n) is 6.67. The van der Waals surface area contributed by atoms with Crippen molar-refractivity contribution in [3.63, 3.8) is 0 Å². The zero-order valence-electron chi connectivity index (χ0n) is 18.3. The molecule has 0 amide bonds. The van der Waals surface area contributed by atoms with E-state index in [9.17, 15) is 0 Å². The first-order valence-corrected chi connectivity index (χ1v) is 10.8. The fourth-order valence-electron chi connectivity index (χ4n) is 4.98. The lowest BCUT2D eigenvalue weighted by molar-refractivity contribution is 0.440. The van der Waals surface area contributed by atoms with Crippen molar-refractivity contribution in [2.45, 2.75) is 51.5 Å². The van der Waals surface area contributed by atoms with Gasteiger partial charge in [-0.1, -0.05) is 76.2 Å². The van der Waals surface area contributed by atoms with Crippen molar-refractivity contribution in [2.75, 3.05) is 6.54 Å². The highest BCUT2D eigenvalue weighted by Gasteiger charge is 2.30. The standard InChI is InChI=1S/C27H30N2.ClH/c1-17(20-11-7-9-18-8-5-6-10-21(18)20)25-26-22(14-15-28-25)23-16-19(27(2,3)4)12-13-24(23)29-26;/h5-13,16-17,25,28-29H,14-15H2,1-4H3;1H. The van der Waals surface area contributed by atoms with E-state index >= 15 is 0 Å². The molecule has 0 aliphatic carbocycles. The maximum absolute atomic E-state index is 3.81. The van der Waals surface area contributed by atoms with Gasteiger partial charge in [0, 0.05) is 22.5 Å². The molecule has 156 valence electrons. The molecule has 3 heteroatoms. The number of rotatable bonds is 2. The molecule has 2 nitrogen and oxygen atoms in total. The van der Waals surface area contributed by atoms with E-state index in [4.69, 9.17) is 0 Å². The van der Waals surface area contributed by atoms with Gasteiger partial charge in [-0.05, 0) is 58.0 Å². The Hall–Kier alpha value is -2.29. The molecule has 2 N–H and O–H groups in total. The Kier molecular flexibility index (Phi) is 5.42. The average molecular weight is 419 g/mol. The van der Waals surface area contributed by atoms with Crippen LogP contribution in [0.15, 0.2) is 60.7 Å². The lowest BCUT2D eigenvalue weighted by Gasteiger charge is -2.30. The first kappa shape index (κ1) is 21.0. The number of aromatic nitrogens is 1. The van der Waals surface area contributed by atoms with Crippen LogP contribution < -0.4 is 5.32 Å². The van der Waals surface area contributed by atoms with Crippen molar-refractivity contribution in [1.29, 1.82) is 0 Å². The van der Waals surface area contributed by atoms with Crippen LogP contribution in [-0.4, -0.2) is 11.5 Å². The highest BCUT2D eigenvalue weighted by molar-refractivity contribution is 5.88. The number of halogens is 1. The summed E-state index contributed by atoms with van der Waals surface area (Å²) < 4.78 is 0. The fourth-order valence-corrected chi connectivity index (χ4v) is 4.98. The van der Waals surface area contributed by atoms with Crippen LogP contribution in [0.1, 0.15) is 62.0 Å². The Labute approximate surface area is 185 Å². The van der Waals surface area contributed by atoms with Gasteiger partial charge in [0.1, 0.15) is 0 Å². The molecule has 1 aliphatic rings. The van der Waals surface area contributed by atoms with Gasteiger partial charge in [-0.2, -0.15) is 0 Å². The second-order valence-corrected chi connectivity index (χ2v) is 9.57. The zero-order chi connectivity index (χ0) is 20.2. The molecule has 1 aliphatic heterocycles. The summed E-state index contributed by atoms with van der Waals surface area (Å²) in [5.41, 5.74) is 7.13. The van der Waals surface area contributed by atoms with E-state index < -0.39 is 0 Å². The van der Waals surface area contributed by atoms with Crippen LogP contribution in [0.4, 0.5) is 0 Å². The summed E-state index contributed by atoms with van der Waals surface area (Å²) in [4.78, 5) is 3.78. The van der Waals surface area contributed by atoms with Gasteiger partial charge in [0.05, 0.1) is 6.04 Å². The Bertz CT molecular complexity index is 1190. The smallest absolute Gasteiger partial charge is 0.0543 e. The van der Waals surface area contributed by atoms with Crippen LogP contribution >= 0.6 is 12.4 Å². The lowest BCUT2D eigenvalue weighted by atomic mass is 9.83. The molecule has 0 saturated heterocycles. The quantitative estimate of drug-likeness (QED) is 0.359. The minimum Gasteiger partial charge on any atom is -0.357 e. The molecule has 4 aromatic rings. The number of fused-ring (bicyclic) bond motifs is 4. The maximum atomic E-state index is 3.81. The van der Waals surface area contributed by atoms with Crippen molar-refractivity contribution >= 4 is 34.1 Å². The Morgan fingerprint density at radius 1 is 0.933 bits per heavy atom. The van der Waals surface area contributed by atoms with Crippen LogP contribution in [0.2, 0.25) is 0 Å². The van der Waals surface area contributed by atoms with E-state index in [0.29, 0.717) is 12.0 Å². The number of nitrogens with one attached hydrogen (secondary N) is 2. The van der Waals surface area contributed by atoms with Crippen molar-refractivity contribution in [2.24, 2.45) is 0 Å². The van der Waals surface area contributed by atoms with Crippen LogP contribution in [0.5, 0.6) is 0 Å². The van der Waals surface area contributed by atoms with Crippen molar-refractivity contribution in [3.8, 4) is 0 Å². The SMILES string of the molecule is CC(c1cccc2ccccc12)C1NCCc2c1[nH]c1ccc(C(C)(C)C)cc21.Cl. The van der Waals surface area contributed by atoms with Crippen LogP contribution in [0, 0.1) is 0 Å². The third-order valence-corrected chi connectivity index (χ3v) is 6.67. The number of benzene rings is 3. The van der Waals surface area contributed by atoms with E-state index in [1.165, 1.54) is 44.1 Å². The maximum Gasteiger partial charge on any atom is 0.0543 e. The molecule has 2 atom stereocenters. The molecule has 0 radical (unpaired) electrons. The van der Waals surface area contributed by atoms with Gasteiger partial charge < -0.3 is 10.3 Å². The summed E-state index contributed by atoms with van der Waals surface area (Å²) in [6.07, 6.45) is 1.09. The van der Waals surface area contributed by atoms with Crippen LogP contribution in [0.3, 0.4) is 0 Å². The van der Waals surface area contributed by atoms with Crippen LogP contribution in [-0.2, 0) is 11.8 Å². The molecular formula is C27H31ClN2. The molecule has 3 aromatic carbocycles. The number of hydrogen-bond acceptors (Lipinski definition) is 1.